The Hall–Kier alpha value is -2.00. The number of anilines is 1. The van der Waals surface area contributed by atoms with E-state index < -0.39 is 0 Å². The summed E-state index contributed by atoms with van der Waals surface area (Å²) in [6.45, 7) is 2.49. The van der Waals surface area contributed by atoms with Crippen molar-refractivity contribution in [2.24, 2.45) is 0 Å². The molecule has 0 aliphatic heterocycles. The predicted molar refractivity (Wildman–Crippen MR) is 81.3 cm³/mol. The lowest BCUT2D eigenvalue weighted by Gasteiger charge is -2.11. The first kappa shape index (κ1) is 14.4. The third-order valence-corrected chi connectivity index (χ3v) is 3.48. The number of ether oxygens (including phenoxy) is 1. The maximum Gasteiger partial charge on any atom is 0.338 e. The molecule has 0 aliphatic rings. The molecule has 2 aromatic carbocycles. The van der Waals surface area contributed by atoms with Crippen LogP contribution in [0.15, 0.2) is 42.5 Å². The number of hydrogen-bond acceptors (Lipinski definition) is 3. The van der Waals surface area contributed by atoms with Crippen LogP contribution in [0.5, 0.6) is 0 Å². The van der Waals surface area contributed by atoms with Gasteiger partial charge in [0.15, 0.2) is 0 Å². The first-order chi connectivity index (χ1) is 9.61. The molecule has 0 aliphatic carbocycles. The van der Waals surface area contributed by atoms with Crippen LogP contribution in [-0.4, -0.2) is 13.1 Å². The summed E-state index contributed by atoms with van der Waals surface area (Å²) in [6, 6.07) is 13.2. The third-order valence-electron chi connectivity index (χ3n) is 3.08. The molecule has 0 fully saturated rings. The van der Waals surface area contributed by atoms with E-state index in [-0.39, 0.29) is 5.97 Å². The van der Waals surface area contributed by atoms with Crippen molar-refractivity contribution in [2.45, 2.75) is 13.5 Å². The fourth-order valence-corrected chi connectivity index (χ4v) is 2.06. The molecule has 0 unspecified atom stereocenters. The Labute approximate surface area is 123 Å². The topological polar surface area (TPSA) is 38.3 Å². The maximum atomic E-state index is 11.7. The minimum Gasteiger partial charge on any atom is -0.465 e. The number of rotatable bonds is 4. The molecule has 0 saturated heterocycles. The molecule has 2 aromatic rings. The van der Waals surface area contributed by atoms with Crippen molar-refractivity contribution in [3.8, 4) is 0 Å². The summed E-state index contributed by atoms with van der Waals surface area (Å²) < 4.78 is 4.78. The van der Waals surface area contributed by atoms with Crippen molar-refractivity contribution < 1.29 is 9.53 Å². The van der Waals surface area contributed by atoms with Crippen LogP contribution >= 0.6 is 11.6 Å². The van der Waals surface area contributed by atoms with Gasteiger partial charge in [-0.1, -0.05) is 35.9 Å². The van der Waals surface area contributed by atoms with Crippen molar-refractivity contribution in [1.82, 2.24) is 0 Å². The quantitative estimate of drug-likeness (QED) is 0.863. The van der Waals surface area contributed by atoms with E-state index in [4.69, 9.17) is 16.3 Å². The summed E-state index contributed by atoms with van der Waals surface area (Å²) in [5, 5.41) is 3.97. The third kappa shape index (κ3) is 3.31. The van der Waals surface area contributed by atoms with Crippen molar-refractivity contribution in [1.29, 1.82) is 0 Å². The van der Waals surface area contributed by atoms with Crippen LogP contribution in [0, 0.1) is 6.92 Å². The van der Waals surface area contributed by atoms with Gasteiger partial charge >= 0.3 is 5.97 Å². The molecule has 0 heterocycles. The lowest BCUT2D eigenvalue weighted by molar-refractivity contribution is 0.0599. The Balaban J connectivity index is 2.14. The molecule has 20 heavy (non-hydrogen) atoms. The summed E-state index contributed by atoms with van der Waals surface area (Å²) >= 11 is 6.09. The Morgan fingerprint density at radius 1 is 1.25 bits per heavy atom. The number of carbonyl (C=O) groups excluding carboxylic acids is 1. The second-order valence-corrected chi connectivity index (χ2v) is 4.87. The predicted octanol–water partition coefficient (Wildman–Crippen LogP) is 4.05. The van der Waals surface area contributed by atoms with Gasteiger partial charge in [0, 0.05) is 17.3 Å². The van der Waals surface area contributed by atoms with Crippen LogP contribution in [0.1, 0.15) is 21.5 Å². The molecule has 0 aromatic heterocycles. The molecule has 0 saturated carbocycles. The minimum absolute atomic E-state index is 0.329. The molecular formula is C16H16ClNO2. The van der Waals surface area contributed by atoms with Crippen LogP contribution in [-0.2, 0) is 11.3 Å². The molecule has 0 radical (unpaired) electrons. The van der Waals surface area contributed by atoms with Gasteiger partial charge in [-0.3, -0.25) is 0 Å². The lowest BCUT2D eigenvalue weighted by Crippen LogP contribution is -2.09. The van der Waals surface area contributed by atoms with Gasteiger partial charge in [-0.2, -0.15) is 0 Å². The molecule has 0 amide bonds. The summed E-state index contributed by atoms with van der Waals surface area (Å²) in [5.74, 6) is -0.329. The summed E-state index contributed by atoms with van der Waals surface area (Å²) in [5.41, 5.74) is 3.41. The van der Waals surface area contributed by atoms with E-state index >= 15 is 0 Å². The SMILES string of the molecule is COC(=O)c1ccccc1CNc1ccc(C)c(Cl)c1. The van der Waals surface area contributed by atoms with Gasteiger partial charge in [-0.15, -0.1) is 0 Å². The zero-order valence-corrected chi connectivity index (χ0v) is 12.2. The van der Waals surface area contributed by atoms with E-state index in [0.29, 0.717) is 12.1 Å². The van der Waals surface area contributed by atoms with Crippen molar-refractivity contribution in [2.75, 3.05) is 12.4 Å². The number of nitrogens with one attached hydrogen (secondary N) is 1. The Morgan fingerprint density at radius 3 is 2.70 bits per heavy atom. The Morgan fingerprint density at radius 2 is 2.00 bits per heavy atom. The summed E-state index contributed by atoms with van der Waals surface area (Å²) in [4.78, 5) is 11.7. The van der Waals surface area contributed by atoms with Gasteiger partial charge in [-0.05, 0) is 36.2 Å². The highest BCUT2D eigenvalue weighted by Gasteiger charge is 2.10. The van der Waals surface area contributed by atoms with Crippen LogP contribution < -0.4 is 5.32 Å². The standard InChI is InChI=1S/C16H16ClNO2/c1-11-7-8-13(9-15(11)17)18-10-12-5-3-4-6-14(12)16(19)20-2/h3-9,18H,10H2,1-2H3. The van der Waals surface area contributed by atoms with Gasteiger partial charge in [0.1, 0.15) is 0 Å². The van der Waals surface area contributed by atoms with Crippen LogP contribution in [0.2, 0.25) is 5.02 Å². The number of aryl methyl sites for hydroxylation is 1. The second kappa shape index (κ2) is 6.44. The molecule has 3 nitrogen and oxygen atoms in total. The van der Waals surface area contributed by atoms with Crippen LogP contribution in [0.25, 0.3) is 0 Å². The van der Waals surface area contributed by atoms with Gasteiger partial charge in [0.25, 0.3) is 0 Å². The average Bonchev–Trinajstić information content (AvgIpc) is 2.48. The Kier molecular flexibility index (Phi) is 4.64. The minimum atomic E-state index is -0.329. The maximum absolute atomic E-state index is 11.7. The molecule has 4 heteroatoms. The zero-order valence-electron chi connectivity index (χ0n) is 11.4. The van der Waals surface area contributed by atoms with Crippen molar-refractivity contribution >= 4 is 23.3 Å². The van der Waals surface area contributed by atoms with E-state index in [1.807, 2.05) is 43.3 Å². The first-order valence-corrected chi connectivity index (χ1v) is 6.66. The second-order valence-electron chi connectivity index (χ2n) is 4.47. The van der Waals surface area contributed by atoms with Crippen LogP contribution in [0.3, 0.4) is 0 Å². The molecule has 0 atom stereocenters. The average molecular weight is 290 g/mol. The summed E-state index contributed by atoms with van der Waals surface area (Å²) in [7, 11) is 1.38. The number of carbonyl (C=O) groups is 1. The van der Waals surface area contributed by atoms with Crippen molar-refractivity contribution in [3.63, 3.8) is 0 Å². The normalized spacial score (nSPS) is 10.2. The van der Waals surface area contributed by atoms with Crippen molar-refractivity contribution in [3.05, 3.63) is 64.2 Å². The fourth-order valence-electron chi connectivity index (χ4n) is 1.88. The van der Waals surface area contributed by atoms with Gasteiger partial charge in [0.05, 0.1) is 12.7 Å². The molecular weight excluding hydrogens is 274 g/mol. The van der Waals surface area contributed by atoms with E-state index in [9.17, 15) is 4.79 Å². The number of methoxy groups -OCH3 is 1. The highest BCUT2D eigenvalue weighted by atomic mass is 35.5. The van der Waals surface area contributed by atoms with Gasteiger partial charge in [-0.25, -0.2) is 4.79 Å². The van der Waals surface area contributed by atoms with E-state index in [2.05, 4.69) is 5.32 Å². The molecule has 0 spiro atoms. The first-order valence-electron chi connectivity index (χ1n) is 6.28. The number of esters is 1. The lowest BCUT2D eigenvalue weighted by atomic mass is 10.1. The smallest absolute Gasteiger partial charge is 0.338 e. The van der Waals surface area contributed by atoms with Gasteiger partial charge < -0.3 is 10.1 Å². The number of hydrogen-bond donors (Lipinski definition) is 1. The van der Waals surface area contributed by atoms with E-state index in [1.54, 1.807) is 6.07 Å². The molecule has 104 valence electrons. The zero-order chi connectivity index (χ0) is 14.5. The molecule has 2 rings (SSSR count). The van der Waals surface area contributed by atoms with Crippen LogP contribution in [0.4, 0.5) is 5.69 Å². The number of halogens is 1. The summed E-state index contributed by atoms with van der Waals surface area (Å²) in [6.07, 6.45) is 0. The number of benzene rings is 2. The van der Waals surface area contributed by atoms with Gasteiger partial charge in [0.2, 0.25) is 0 Å². The monoisotopic (exact) mass is 289 g/mol. The van der Waals surface area contributed by atoms with E-state index in [1.165, 1.54) is 7.11 Å². The largest absolute Gasteiger partial charge is 0.465 e. The highest BCUT2D eigenvalue weighted by molar-refractivity contribution is 6.31. The Bertz CT molecular complexity index is 626. The fraction of sp³-hybridized carbons (Fsp3) is 0.188. The molecule has 1 N–H and O–H groups in total. The highest BCUT2D eigenvalue weighted by Crippen LogP contribution is 2.21. The molecule has 0 bridgehead atoms. The van der Waals surface area contributed by atoms with E-state index in [0.717, 1.165) is 21.8 Å².